The van der Waals surface area contributed by atoms with Gasteiger partial charge in [-0.3, -0.25) is 9.59 Å². The van der Waals surface area contributed by atoms with Crippen LogP contribution in [0.4, 0.5) is 15.8 Å². The molecule has 1 fully saturated rings. The van der Waals surface area contributed by atoms with Gasteiger partial charge in [0, 0.05) is 5.69 Å². The summed E-state index contributed by atoms with van der Waals surface area (Å²) in [6.07, 6.45) is 0.426. The lowest BCUT2D eigenvalue weighted by Crippen LogP contribution is -2.20. The highest BCUT2D eigenvalue weighted by atomic mass is 35.5. The lowest BCUT2D eigenvalue weighted by molar-refractivity contribution is -0.122. The standard InChI is InChI=1S/C17H13Cl2FN2O2/c18-13-5-2-6-14(19)15(13)22-17(24)12-8-11(12)16(23)21-10-4-1-3-9(20)7-10/h1-7,11-12H,8H2,(H,21,23)(H,22,24). The minimum atomic E-state index is -0.453. The van der Waals surface area contributed by atoms with Gasteiger partial charge in [0.05, 0.1) is 27.6 Å². The van der Waals surface area contributed by atoms with Crippen LogP contribution in [0.3, 0.4) is 0 Å². The monoisotopic (exact) mass is 366 g/mol. The van der Waals surface area contributed by atoms with Gasteiger partial charge in [0.25, 0.3) is 0 Å². The first kappa shape index (κ1) is 16.7. The van der Waals surface area contributed by atoms with Crippen molar-refractivity contribution in [3.8, 4) is 0 Å². The molecule has 0 bridgehead atoms. The van der Waals surface area contributed by atoms with Crippen molar-refractivity contribution in [2.75, 3.05) is 10.6 Å². The van der Waals surface area contributed by atoms with E-state index in [0.717, 1.165) is 0 Å². The van der Waals surface area contributed by atoms with Crippen LogP contribution < -0.4 is 10.6 Å². The molecule has 1 saturated carbocycles. The molecule has 24 heavy (non-hydrogen) atoms. The van der Waals surface area contributed by atoms with Crippen molar-refractivity contribution in [1.29, 1.82) is 0 Å². The third-order valence-corrected chi connectivity index (χ3v) is 4.40. The van der Waals surface area contributed by atoms with Gasteiger partial charge in [0.2, 0.25) is 11.8 Å². The number of para-hydroxylation sites is 1. The Hall–Kier alpha value is -2.11. The lowest BCUT2D eigenvalue weighted by Gasteiger charge is -2.09. The minimum absolute atomic E-state index is 0.314. The maximum Gasteiger partial charge on any atom is 0.228 e. The third kappa shape index (κ3) is 3.68. The Morgan fingerprint density at radius 2 is 1.54 bits per heavy atom. The van der Waals surface area contributed by atoms with Gasteiger partial charge in [0.1, 0.15) is 5.82 Å². The molecule has 2 aromatic carbocycles. The first-order valence-electron chi connectivity index (χ1n) is 7.27. The summed E-state index contributed by atoms with van der Waals surface area (Å²) in [7, 11) is 0. The van der Waals surface area contributed by atoms with Crippen molar-refractivity contribution in [3.63, 3.8) is 0 Å². The number of hydrogen-bond acceptors (Lipinski definition) is 2. The number of hydrogen-bond donors (Lipinski definition) is 2. The molecule has 0 heterocycles. The zero-order valence-corrected chi connectivity index (χ0v) is 13.9. The zero-order valence-electron chi connectivity index (χ0n) is 12.4. The van der Waals surface area contributed by atoms with Gasteiger partial charge in [0.15, 0.2) is 0 Å². The van der Waals surface area contributed by atoms with Crippen molar-refractivity contribution in [1.82, 2.24) is 0 Å². The van der Waals surface area contributed by atoms with Crippen LogP contribution in [0.5, 0.6) is 0 Å². The molecule has 0 saturated heterocycles. The van der Waals surface area contributed by atoms with E-state index in [9.17, 15) is 14.0 Å². The number of amides is 2. The van der Waals surface area contributed by atoms with E-state index in [0.29, 0.717) is 27.8 Å². The quantitative estimate of drug-likeness (QED) is 0.844. The second-order valence-electron chi connectivity index (χ2n) is 5.53. The first-order valence-corrected chi connectivity index (χ1v) is 8.02. The van der Waals surface area contributed by atoms with Crippen LogP contribution in [0.2, 0.25) is 10.0 Å². The fourth-order valence-electron chi connectivity index (χ4n) is 2.41. The van der Waals surface area contributed by atoms with Crippen molar-refractivity contribution in [2.24, 2.45) is 11.8 Å². The topological polar surface area (TPSA) is 58.2 Å². The van der Waals surface area contributed by atoms with E-state index >= 15 is 0 Å². The number of anilines is 2. The molecule has 1 aliphatic rings. The predicted octanol–water partition coefficient (Wildman–Crippen LogP) is 4.35. The van der Waals surface area contributed by atoms with Crippen LogP contribution in [0, 0.1) is 17.7 Å². The van der Waals surface area contributed by atoms with Gasteiger partial charge in [-0.15, -0.1) is 0 Å². The molecule has 3 rings (SSSR count). The maximum absolute atomic E-state index is 13.1. The van der Waals surface area contributed by atoms with Gasteiger partial charge in [-0.05, 0) is 36.8 Å². The van der Waals surface area contributed by atoms with Gasteiger partial charge < -0.3 is 10.6 Å². The average molecular weight is 367 g/mol. The smallest absolute Gasteiger partial charge is 0.228 e. The average Bonchev–Trinajstić information content (AvgIpc) is 3.32. The highest BCUT2D eigenvalue weighted by Gasteiger charge is 2.48. The number of benzene rings is 2. The largest absolute Gasteiger partial charge is 0.326 e. The molecule has 2 aromatic rings. The van der Waals surface area contributed by atoms with Gasteiger partial charge in [-0.1, -0.05) is 35.3 Å². The zero-order chi connectivity index (χ0) is 17.3. The number of carbonyl (C=O) groups is 2. The molecule has 2 N–H and O–H groups in total. The first-order chi connectivity index (χ1) is 11.5. The third-order valence-electron chi connectivity index (χ3n) is 3.77. The lowest BCUT2D eigenvalue weighted by atomic mass is 10.2. The van der Waals surface area contributed by atoms with E-state index in [4.69, 9.17) is 23.2 Å². The van der Waals surface area contributed by atoms with Gasteiger partial charge in [-0.25, -0.2) is 4.39 Å². The SMILES string of the molecule is O=C(Nc1cccc(F)c1)C1CC1C(=O)Nc1c(Cl)cccc1Cl. The fraction of sp³-hybridized carbons (Fsp3) is 0.176. The Balaban J connectivity index is 1.60. The number of carbonyl (C=O) groups excluding carboxylic acids is 2. The normalized spacial score (nSPS) is 18.8. The minimum Gasteiger partial charge on any atom is -0.326 e. The Kier molecular flexibility index (Phi) is 4.73. The summed E-state index contributed by atoms with van der Waals surface area (Å²) in [4.78, 5) is 24.4. The van der Waals surface area contributed by atoms with E-state index < -0.39 is 17.7 Å². The van der Waals surface area contributed by atoms with Crippen molar-refractivity contribution in [3.05, 3.63) is 58.3 Å². The van der Waals surface area contributed by atoms with Crippen LogP contribution in [-0.4, -0.2) is 11.8 Å². The summed E-state index contributed by atoms with van der Waals surface area (Å²) in [5.41, 5.74) is 0.697. The maximum atomic E-state index is 13.1. The van der Waals surface area contributed by atoms with E-state index in [-0.39, 0.29) is 11.8 Å². The summed E-state index contributed by atoms with van der Waals surface area (Å²) in [5.74, 6) is -1.97. The molecular weight excluding hydrogens is 354 g/mol. The highest BCUT2D eigenvalue weighted by Crippen LogP contribution is 2.41. The van der Waals surface area contributed by atoms with Crippen molar-refractivity contribution in [2.45, 2.75) is 6.42 Å². The summed E-state index contributed by atoms with van der Waals surface area (Å²) in [5, 5.41) is 5.92. The summed E-state index contributed by atoms with van der Waals surface area (Å²) in [6, 6.07) is 10.5. The number of nitrogens with one attached hydrogen (secondary N) is 2. The summed E-state index contributed by atoms with van der Waals surface area (Å²) in [6.45, 7) is 0. The Labute approximate surface area is 148 Å². The molecule has 0 aliphatic heterocycles. The van der Waals surface area contributed by atoms with E-state index in [2.05, 4.69) is 10.6 Å². The Morgan fingerprint density at radius 3 is 2.17 bits per heavy atom. The van der Waals surface area contributed by atoms with E-state index in [1.807, 2.05) is 0 Å². The molecule has 2 amide bonds. The van der Waals surface area contributed by atoms with Crippen LogP contribution in [0.25, 0.3) is 0 Å². The highest BCUT2D eigenvalue weighted by molar-refractivity contribution is 6.39. The predicted molar refractivity (Wildman–Crippen MR) is 91.7 cm³/mol. The molecule has 0 spiro atoms. The van der Waals surface area contributed by atoms with Crippen LogP contribution >= 0.6 is 23.2 Å². The van der Waals surface area contributed by atoms with Crippen LogP contribution in [-0.2, 0) is 9.59 Å². The Bertz CT molecular complexity index is 793. The van der Waals surface area contributed by atoms with Crippen molar-refractivity contribution >= 4 is 46.4 Å². The second-order valence-corrected chi connectivity index (χ2v) is 6.35. The Morgan fingerprint density at radius 1 is 0.958 bits per heavy atom. The molecule has 2 unspecified atom stereocenters. The van der Waals surface area contributed by atoms with Gasteiger partial charge >= 0.3 is 0 Å². The van der Waals surface area contributed by atoms with Crippen molar-refractivity contribution < 1.29 is 14.0 Å². The van der Waals surface area contributed by atoms with E-state index in [1.165, 1.54) is 18.2 Å². The molecule has 0 aromatic heterocycles. The molecule has 2 atom stereocenters. The summed E-state index contributed by atoms with van der Waals surface area (Å²) < 4.78 is 13.1. The van der Waals surface area contributed by atoms with Gasteiger partial charge in [-0.2, -0.15) is 0 Å². The molecular formula is C17H13Cl2FN2O2. The van der Waals surface area contributed by atoms with Crippen LogP contribution in [0.15, 0.2) is 42.5 Å². The number of rotatable bonds is 4. The van der Waals surface area contributed by atoms with Crippen LogP contribution in [0.1, 0.15) is 6.42 Å². The fourth-order valence-corrected chi connectivity index (χ4v) is 2.90. The second kappa shape index (κ2) is 6.79. The van der Waals surface area contributed by atoms with E-state index in [1.54, 1.807) is 24.3 Å². The molecule has 124 valence electrons. The number of halogens is 3. The molecule has 7 heteroatoms. The molecule has 4 nitrogen and oxygen atoms in total. The summed E-state index contributed by atoms with van der Waals surface area (Å²) >= 11 is 12.0. The molecule has 0 radical (unpaired) electrons. The molecule has 1 aliphatic carbocycles.